The molecular weight excluding hydrogens is 456 g/mol. The first-order chi connectivity index (χ1) is 17.0. The third-order valence-corrected chi connectivity index (χ3v) is 6.51. The molecule has 0 unspecified atom stereocenters. The number of aromatic nitrogens is 2. The number of amides is 1. The number of nitrogens with one attached hydrogen (secondary N) is 2. The van der Waals surface area contributed by atoms with Gasteiger partial charge < -0.3 is 25.0 Å². The first-order valence-electron chi connectivity index (χ1n) is 11.7. The topological polar surface area (TPSA) is 88.6 Å². The Labute approximate surface area is 201 Å². The van der Waals surface area contributed by atoms with E-state index in [-0.39, 0.29) is 18.0 Å². The summed E-state index contributed by atoms with van der Waals surface area (Å²) in [5.74, 6) is 0.704. The lowest BCUT2D eigenvalue weighted by Gasteiger charge is -2.18. The van der Waals surface area contributed by atoms with Gasteiger partial charge in [-0.1, -0.05) is 0 Å². The lowest BCUT2D eigenvalue weighted by atomic mass is 10.0. The third-order valence-electron chi connectivity index (χ3n) is 6.51. The normalized spacial score (nSPS) is 17.8. The zero-order chi connectivity index (χ0) is 24.4. The molecule has 4 heterocycles. The number of carbonyl (C=O) groups excluding carboxylic acids is 1. The Hall–Kier alpha value is -3.37. The van der Waals surface area contributed by atoms with Crippen LogP contribution in [-0.2, 0) is 17.8 Å². The molecule has 0 saturated carbocycles. The Balaban J connectivity index is 1.14. The van der Waals surface area contributed by atoms with Gasteiger partial charge in [-0.3, -0.25) is 9.78 Å². The zero-order valence-corrected chi connectivity index (χ0v) is 19.4. The molecule has 0 bridgehead atoms. The van der Waals surface area contributed by atoms with Gasteiger partial charge in [0.25, 0.3) is 5.91 Å². The highest BCUT2D eigenvalue weighted by atomic mass is 19.1. The molecule has 10 heteroatoms. The van der Waals surface area contributed by atoms with Crippen LogP contribution in [0.3, 0.4) is 0 Å². The van der Waals surface area contributed by atoms with E-state index in [0.717, 1.165) is 37.9 Å². The number of carbonyl (C=O) groups is 1. The summed E-state index contributed by atoms with van der Waals surface area (Å²) < 4.78 is 39.5. The van der Waals surface area contributed by atoms with Gasteiger partial charge in [-0.25, -0.2) is 13.8 Å². The number of benzene rings is 1. The molecule has 0 aliphatic carbocycles. The maximum absolute atomic E-state index is 14.6. The smallest absolute Gasteiger partial charge is 0.263 e. The van der Waals surface area contributed by atoms with Crippen molar-refractivity contribution in [2.45, 2.75) is 19.4 Å². The van der Waals surface area contributed by atoms with Crippen LogP contribution in [0.4, 0.5) is 14.6 Å². The van der Waals surface area contributed by atoms with E-state index in [0.29, 0.717) is 53.7 Å². The van der Waals surface area contributed by atoms with Crippen molar-refractivity contribution in [2.24, 2.45) is 5.92 Å². The summed E-state index contributed by atoms with van der Waals surface area (Å²) in [5.41, 5.74) is 1.45. The summed E-state index contributed by atoms with van der Waals surface area (Å²) in [6.07, 6.45) is 2.59. The van der Waals surface area contributed by atoms with E-state index in [1.807, 2.05) is 12.1 Å². The fourth-order valence-corrected chi connectivity index (χ4v) is 4.69. The molecule has 3 aromatic rings. The summed E-state index contributed by atoms with van der Waals surface area (Å²) in [6, 6.07) is 6.61. The van der Waals surface area contributed by atoms with Gasteiger partial charge in [-0.15, -0.1) is 0 Å². The highest BCUT2D eigenvalue weighted by molar-refractivity contribution is 5.94. The Bertz CT molecular complexity index is 1260. The Morgan fingerprint density at radius 1 is 1.29 bits per heavy atom. The quantitative estimate of drug-likeness (QED) is 0.509. The van der Waals surface area contributed by atoms with Gasteiger partial charge >= 0.3 is 0 Å². The predicted molar refractivity (Wildman–Crippen MR) is 127 cm³/mol. The van der Waals surface area contributed by atoms with Crippen LogP contribution >= 0.6 is 0 Å². The number of methoxy groups -OCH3 is 1. The van der Waals surface area contributed by atoms with Gasteiger partial charge in [0.05, 0.1) is 19.0 Å². The monoisotopic (exact) mass is 483 g/mol. The molecule has 35 heavy (non-hydrogen) atoms. The van der Waals surface area contributed by atoms with Crippen LogP contribution in [0.15, 0.2) is 30.5 Å². The summed E-state index contributed by atoms with van der Waals surface area (Å²) in [5, 5.41) is 6.62. The zero-order valence-electron chi connectivity index (χ0n) is 19.4. The number of anilines is 1. The number of fused-ring (bicyclic) bond motifs is 2. The summed E-state index contributed by atoms with van der Waals surface area (Å²) in [6.45, 7) is 3.93. The van der Waals surface area contributed by atoms with Gasteiger partial charge in [0.1, 0.15) is 17.1 Å². The molecule has 1 aromatic carbocycles. The standard InChI is InChI=1S/C25H27F2N5O3/c1-34-17-8-19-18(21(27)12-29-24(19)20(26)9-17)5-7-32-6-4-15(13-32)10-28-11-16-2-3-22-25(30-16)31-23(33)14-35-22/h2-3,8-9,12,15,28H,4-7,10-11,13-14H2,1H3,(H,30,31,33)/t15-/m0/s1. The Morgan fingerprint density at radius 3 is 3.03 bits per heavy atom. The minimum Gasteiger partial charge on any atom is -0.497 e. The van der Waals surface area contributed by atoms with E-state index < -0.39 is 11.6 Å². The second-order valence-corrected chi connectivity index (χ2v) is 8.91. The molecule has 8 nitrogen and oxygen atoms in total. The minimum absolute atomic E-state index is 0.0135. The lowest BCUT2D eigenvalue weighted by molar-refractivity contribution is -0.118. The maximum atomic E-state index is 14.6. The van der Waals surface area contributed by atoms with E-state index in [1.165, 1.54) is 13.2 Å². The molecule has 2 aromatic heterocycles. The molecule has 1 atom stereocenters. The number of likely N-dealkylation sites (tertiary alicyclic amines) is 1. The van der Waals surface area contributed by atoms with Crippen molar-refractivity contribution in [1.82, 2.24) is 20.2 Å². The first-order valence-corrected chi connectivity index (χ1v) is 11.7. The Kier molecular flexibility index (Phi) is 6.74. The Morgan fingerprint density at radius 2 is 2.17 bits per heavy atom. The van der Waals surface area contributed by atoms with Crippen LogP contribution < -0.4 is 20.1 Å². The number of nitrogens with zero attached hydrogens (tertiary/aromatic N) is 3. The van der Waals surface area contributed by atoms with Gasteiger partial charge in [0, 0.05) is 36.7 Å². The predicted octanol–water partition coefficient (Wildman–Crippen LogP) is 2.90. The van der Waals surface area contributed by atoms with Crippen molar-refractivity contribution in [2.75, 3.05) is 45.2 Å². The molecule has 2 aliphatic rings. The van der Waals surface area contributed by atoms with Crippen molar-refractivity contribution < 1.29 is 23.0 Å². The number of hydrogen-bond donors (Lipinski definition) is 2. The summed E-state index contributed by atoms with van der Waals surface area (Å²) in [4.78, 5) is 22.2. The maximum Gasteiger partial charge on any atom is 0.263 e. The average Bonchev–Trinajstić information content (AvgIpc) is 3.30. The van der Waals surface area contributed by atoms with E-state index in [2.05, 4.69) is 25.5 Å². The van der Waals surface area contributed by atoms with Crippen LogP contribution in [-0.4, -0.2) is 60.7 Å². The molecule has 1 saturated heterocycles. The molecule has 2 aliphatic heterocycles. The van der Waals surface area contributed by atoms with E-state index in [9.17, 15) is 13.6 Å². The molecule has 0 spiro atoms. The SMILES string of the molecule is COc1cc(F)c2ncc(F)c(CCN3CC[C@@H](CNCc4ccc5c(n4)NC(=O)CO5)C3)c2c1. The molecule has 5 rings (SSSR count). The fourth-order valence-electron chi connectivity index (χ4n) is 4.69. The van der Waals surface area contributed by atoms with Crippen LogP contribution in [0.2, 0.25) is 0 Å². The van der Waals surface area contributed by atoms with Crippen molar-refractivity contribution in [1.29, 1.82) is 0 Å². The molecule has 1 amide bonds. The second-order valence-electron chi connectivity index (χ2n) is 8.91. The molecular formula is C25H27F2N5O3. The van der Waals surface area contributed by atoms with E-state index in [4.69, 9.17) is 9.47 Å². The van der Waals surface area contributed by atoms with Crippen LogP contribution in [0.5, 0.6) is 11.5 Å². The second kappa shape index (κ2) is 10.1. The van der Waals surface area contributed by atoms with Crippen molar-refractivity contribution in [3.05, 3.63) is 53.4 Å². The third kappa shape index (κ3) is 5.18. The number of hydrogen-bond acceptors (Lipinski definition) is 7. The average molecular weight is 484 g/mol. The highest BCUT2D eigenvalue weighted by Gasteiger charge is 2.23. The summed E-state index contributed by atoms with van der Waals surface area (Å²) in [7, 11) is 1.46. The lowest BCUT2D eigenvalue weighted by Crippen LogP contribution is -2.28. The molecule has 184 valence electrons. The fraction of sp³-hybridized carbons (Fsp3) is 0.400. The molecule has 2 N–H and O–H groups in total. The van der Waals surface area contributed by atoms with E-state index in [1.54, 1.807) is 6.07 Å². The largest absolute Gasteiger partial charge is 0.497 e. The minimum atomic E-state index is -0.517. The summed E-state index contributed by atoms with van der Waals surface area (Å²) >= 11 is 0. The van der Waals surface area contributed by atoms with Gasteiger partial charge in [-0.05, 0) is 50.0 Å². The van der Waals surface area contributed by atoms with Gasteiger partial charge in [0.15, 0.2) is 24.0 Å². The number of rotatable bonds is 8. The van der Waals surface area contributed by atoms with Crippen LogP contribution in [0, 0.1) is 17.6 Å². The van der Waals surface area contributed by atoms with E-state index >= 15 is 0 Å². The molecule has 1 fully saturated rings. The first kappa shape index (κ1) is 23.4. The van der Waals surface area contributed by atoms with Crippen molar-refractivity contribution in [3.8, 4) is 11.5 Å². The number of pyridine rings is 2. The number of halogens is 2. The van der Waals surface area contributed by atoms with Crippen molar-refractivity contribution in [3.63, 3.8) is 0 Å². The van der Waals surface area contributed by atoms with Crippen LogP contribution in [0.1, 0.15) is 17.7 Å². The highest BCUT2D eigenvalue weighted by Crippen LogP contribution is 2.28. The van der Waals surface area contributed by atoms with Crippen molar-refractivity contribution >= 4 is 22.6 Å². The molecule has 0 radical (unpaired) electrons. The van der Waals surface area contributed by atoms with Gasteiger partial charge in [-0.2, -0.15) is 0 Å². The number of ether oxygens (including phenoxy) is 2. The van der Waals surface area contributed by atoms with Gasteiger partial charge in [0.2, 0.25) is 0 Å². The van der Waals surface area contributed by atoms with Crippen LogP contribution in [0.25, 0.3) is 10.9 Å².